The first-order valence-electron chi connectivity index (χ1n) is 21.5. The van der Waals surface area contributed by atoms with Gasteiger partial charge in [-0.15, -0.1) is 0 Å². The maximum atomic E-state index is 10.4. The second-order valence-corrected chi connectivity index (χ2v) is 16.0. The Morgan fingerprint density at radius 1 is 0.549 bits per heavy atom. The number of rotatable bonds is 17. The summed E-state index contributed by atoms with van der Waals surface area (Å²) >= 11 is 0. The van der Waals surface area contributed by atoms with Crippen LogP contribution in [0.5, 0.6) is 5.75 Å². The highest BCUT2D eigenvalue weighted by molar-refractivity contribution is 5.75. The molecule has 0 aromatic heterocycles. The predicted molar refractivity (Wildman–Crippen MR) is 259 cm³/mol. The summed E-state index contributed by atoms with van der Waals surface area (Å²) in [6.45, 7) is 10.6. The van der Waals surface area contributed by atoms with Crippen molar-refractivity contribution in [3.8, 4) is 5.75 Å². The first-order valence-corrected chi connectivity index (χ1v) is 21.5. The summed E-state index contributed by atoms with van der Waals surface area (Å²) in [5, 5.41) is 94.0. The van der Waals surface area contributed by atoms with Crippen LogP contribution in [-0.2, 0) is 51.2 Å². The second-order valence-electron chi connectivity index (χ2n) is 16.0. The summed E-state index contributed by atoms with van der Waals surface area (Å²) in [5.74, 6) is -7.33. The molecule has 2 aromatic rings. The third kappa shape index (κ3) is 45.8. The molecular weight excluding hydrogens is 945 g/mol. The number of phenolic OH excluding ortho intramolecular Hbond substituents is 1. The van der Waals surface area contributed by atoms with Crippen LogP contribution in [0.4, 0.5) is 0 Å². The molecule has 1 saturated heterocycles. The number of aliphatic hydroxyl groups is 2. The van der Waals surface area contributed by atoms with Gasteiger partial charge in [-0.3, -0.25) is 38.4 Å². The van der Waals surface area contributed by atoms with Crippen LogP contribution < -0.4 is 45.5 Å². The van der Waals surface area contributed by atoms with Gasteiger partial charge in [-0.1, -0.05) is 70.2 Å². The first kappa shape index (κ1) is 73.6. The average Bonchev–Trinajstić information content (AvgIpc) is 3.84. The lowest BCUT2D eigenvalue weighted by Gasteiger charge is -2.07. The molecule has 0 amide bonds. The molecule has 27 nitrogen and oxygen atoms in total. The van der Waals surface area contributed by atoms with Crippen molar-refractivity contribution < 1.29 is 94.5 Å². The Kier molecular flexibility index (Phi) is 44.0. The van der Waals surface area contributed by atoms with Gasteiger partial charge >= 0.3 is 47.8 Å². The monoisotopic (exact) mass is 1020 g/mol. The van der Waals surface area contributed by atoms with E-state index in [1.165, 1.54) is 26.0 Å². The van der Waals surface area contributed by atoms with Gasteiger partial charge in [0.1, 0.15) is 54.1 Å². The van der Waals surface area contributed by atoms with Crippen LogP contribution in [-0.4, -0.2) is 172 Å². The maximum absolute atomic E-state index is 10.4. The number of aliphatic hydroxyl groups excluding tert-OH is 2. The smallest absolute Gasteiger partial charge is 0.323 e. The lowest BCUT2D eigenvalue weighted by molar-refractivity contribution is -0.141. The molecule has 9 unspecified atom stereocenters. The summed E-state index contributed by atoms with van der Waals surface area (Å²) in [7, 11) is 0. The zero-order chi connectivity index (χ0) is 56.7. The summed E-state index contributed by atoms with van der Waals surface area (Å²) in [6.07, 6.45) is 2.01. The Bertz CT molecular complexity index is 1760. The lowest BCUT2D eigenvalue weighted by Crippen LogP contribution is -2.39. The van der Waals surface area contributed by atoms with Crippen molar-refractivity contribution in [1.29, 1.82) is 0 Å². The third-order valence-electron chi connectivity index (χ3n) is 8.44. The standard InChI is InChI=1S/C9H11NO3.C9H11NO2.C6H13NO2.C5H9NO2.C5H11NO2.C4H9NO3.C3H7NO3.C3H7NO2/c10-8(9(12)13)5-6-1-3-7(11)4-2-6;10-8(9(11)12)6-7-4-2-1-3-5-7;1-4(2)3-5(7)6(8)9;7-5(8)4-2-1-3-6-4;1-3(2)4(6)5(7)8;1-2(6)3(5)4(7)8;4-2(1-5)3(6)7;1-2(4)3(5)6/h1-4,8,11H,5,10H2,(H,12,13);1-5,8H,6,10H2,(H,11,12);4-5H,3,7H2,1-2H3,(H,8,9);4,6H,1-3H2,(H,7,8);3-4H,6H2,1-2H3,(H,7,8);2-3,6H,5H2,1H3,(H,7,8);2,5H,1,4H2,(H,6,7);2H,4H2,1H3,(H,5,6). The number of aromatic hydroxyl groups is 1. The van der Waals surface area contributed by atoms with Crippen LogP contribution in [0.2, 0.25) is 0 Å². The minimum atomic E-state index is -1.18. The van der Waals surface area contributed by atoms with Crippen molar-refractivity contribution in [3.63, 3.8) is 0 Å². The molecule has 0 spiro atoms. The molecule has 0 saturated carbocycles. The van der Waals surface area contributed by atoms with Crippen LogP contribution >= 0.6 is 0 Å². The Labute approximate surface area is 411 Å². The largest absolute Gasteiger partial charge is 0.508 e. The summed E-state index contributed by atoms with van der Waals surface area (Å²) < 4.78 is 0. The normalized spacial score (nSPS) is 15.3. The second kappa shape index (κ2) is 42.5. The zero-order valence-corrected chi connectivity index (χ0v) is 40.7. The van der Waals surface area contributed by atoms with Crippen LogP contribution in [0, 0.1) is 11.8 Å². The molecule has 1 heterocycles. The maximum Gasteiger partial charge on any atom is 0.323 e. The number of benzene rings is 2. The number of phenols is 1. The number of nitrogens with two attached hydrogens (primary N) is 7. The van der Waals surface area contributed by atoms with Gasteiger partial charge in [-0.05, 0) is 87.6 Å². The number of aliphatic carboxylic acids is 8. The molecule has 2 aromatic carbocycles. The molecule has 0 aliphatic carbocycles. The molecule has 0 radical (unpaired) electrons. The topological polar surface area (TPSA) is 553 Å². The molecule has 1 fully saturated rings. The average molecular weight is 1020 g/mol. The fraction of sp³-hybridized carbons (Fsp3) is 0.545. The number of carboxylic acid groups (broad SMARTS) is 8. The Hall–Kier alpha value is -6.40. The molecule has 0 bridgehead atoms. The van der Waals surface area contributed by atoms with Gasteiger partial charge in [0, 0.05) is 0 Å². The van der Waals surface area contributed by atoms with E-state index in [1.54, 1.807) is 26.0 Å². The van der Waals surface area contributed by atoms with E-state index in [0.29, 0.717) is 18.8 Å². The van der Waals surface area contributed by atoms with Crippen molar-refractivity contribution in [1.82, 2.24) is 5.32 Å². The van der Waals surface area contributed by atoms with Crippen LogP contribution in [0.15, 0.2) is 54.6 Å². The highest BCUT2D eigenvalue weighted by Gasteiger charge is 2.20. The summed E-state index contributed by atoms with van der Waals surface area (Å²) in [6, 6.07) is 9.28. The minimum absolute atomic E-state index is 0.0208. The predicted octanol–water partition coefficient (Wildman–Crippen LogP) is -2.10. The highest BCUT2D eigenvalue weighted by atomic mass is 16.4. The van der Waals surface area contributed by atoms with E-state index >= 15 is 0 Å². The molecule has 408 valence electrons. The Balaban J connectivity index is -0.000000237. The van der Waals surface area contributed by atoms with E-state index in [0.717, 1.165) is 30.5 Å². The van der Waals surface area contributed by atoms with Gasteiger partial charge < -0.3 is 102 Å². The van der Waals surface area contributed by atoms with Crippen molar-refractivity contribution in [3.05, 3.63) is 65.7 Å². The molecular formula is C44H78N8O19. The number of hydrogen-bond acceptors (Lipinski definition) is 19. The number of hydrogen-bond donors (Lipinski definition) is 19. The fourth-order valence-corrected chi connectivity index (χ4v) is 4.00. The highest BCUT2D eigenvalue weighted by Crippen LogP contribution is 2.11. The number of carboxylic acids is 8. The van der Waals surface area contributed by atoms with E-state index in [9.17, 15) is 38.4 Å². The Morgan fingerprint density at radius 3 is 1.11 bits per heavy atom. The lowest BCUT2D eigenvalue weighted by atomic mass is 10.1. The summed E-state index contributed by atoms with van der Waals surface area (Å²) in [4.78, 5) is 80.1. The van der Waals surface area contributed by atoms with E-state index in [2.05, 4.69) is 5.32 Å². The molecule has 1 aliphatic heterocycles. The van der Waals surface area contributed by atoms with Gasteiger partial charge in [0.15, 0.2) is 0 Å². The van der Waals surface area contributed by atoms with Crippen LogP contribution in [0.3, 0.4) is 0 Å². The SMILES string of the molecule is CC(C)C(N)C(=O)O.CC(C)CC(N)C(=O)O.CC(N)C(=O)O.CC(O)C(N)C(=O)O.NC(CO)C(=O)O.NC(Cc1ccc(O)cc1)C(=O)O.NC(Cc1ccccc1)C(=O)O.O=C(O)C1CCCN1. The van der Waals surface area contributed by atoms with Crippen LogP contribution in [0.1, 0.15) is 71.9 Å². The Morgan fingerprint density at radius 2 is 0.930 bits per heavy atom. The molecule has 1 aliphatic rings. The van der Waals surface area contributed by atoms with Gasteiger partial charge in [0.25, 0.3) is 0 Å². The third-order valence-corrected chi connectivity index (χ3v) is 8.44. The van der Waals surface area contributed by atoms with Crippen molar-refractivity contribution in [2.24, 2.45) is 52.0 Å². The fourth-order valence-electron chi connectivity index (χ4n) is 4.00. The van der Waals surface area contributed by atoms with Gasteiger partial charge in [-0.2, -0.15) is 0 Å². The van der Waals surface area contributed by atoms with E-state index in [-0.39, 0.29) is 24.1 Å². The van der Waals surface area contributed by atoms with E-state index < -0.39 is 103 Å². The molecule has 27 heteroatoms. The van der Waals surface area contributed by atoms with Gasteiger partial charge in [-0.25, -0.2) is 0 Å². The van der Waals surface area contributed by atoms with Crippen molar-refractivity contribution in [2.45, 2.75) is 128 Å². The minimum Gasteiger partial charge on any atom is -0.508 e. The molecule has 9 atom stereocenters. The van der Waals surface area contributed by atoms with E-state index in [1.807, 2.05) is 44.2 Å². The van der Waals surface area contributed by atoms with E-state index in [4.69, 9.17) is 96.3 Å². The molecule has 3 rings (SSSR count). The van der Waals surface area contributed by atoms with Crippen molar-refractivity contribution in [2.75, 3.05) is 13.2 Å². The molecule has 71 heavy (non-hydrogen) atoms. The number of carbonyl (C=O) groups is 8. The first-order chi connectivity index (χ1) is 32.6. The summed E-state index contributed by atoms with van der Waals surface area (Å²) in [5.41, 5.74) is 37.3. The number of nitrogens with one attached hydrogen (secondary N) is 1. The zero-order valence-electron chi connectivity index (χ0n) is 40.7. The van der Waals surface area contributed by atoms with Crippen LogP contribution in [0.25, 0.3) is 0 Å². The quantitative estimate of drug-likeness (QED) is 0.0807. The van der Waals surface area contributed by atoms with Crippen molar-refractivity contribution >= 4 is 47.8 Å². The molecule has 26 N–H and O–H groups in total. The van der Waals surface area contributed by atoms with Gasteiger partial charge in [0.05, 0.1) is 12.7 Å². The van der Waals surface area contributed by atoms with Gasteiger partial charge in [0.2, 0.25) is 0 Å².